The van der Waals surface area contributed by atoms with E-state index in [1.54, 1.807) is 36.4 Å². The molecule has 3 nitrogen and oxygen atoms in total. The quantitative estimate of drug-likeness (QED) is 0.915. The number of carboxylic acid groups (broad SMARTS) is 1. The number of carboxylic acids is 1. The van der Waals surface area contributed by atoms with Gasteiger partial charge in [0.1, 0.15) is 6.10 Å². The molecule has 0 radical (unpaired) electrons. The summed E-state index contributed by atoms with van der Waals surface area (Å²) in [6, 6.07) is 13.6. The summed E-state index contributed by atoms with van der Waals surface area (Å²) in [6.45, 7) is 0. The number of benzene rings is 2. The Morgan fingerprint density at radius 3 is 2.50 bits per heavy atom. The second kappa shape index (κ2) is 5.33. The fourth-order valence-electron chi connectivity index (χ4n) is 1.79. The number of aliphatic hydroxyl groups excluding tert-OH is 1. The molecular weight excluding hydrogens is 296 g/mol. The van der Waals surface area contributed by atoms with Crippen molar-refractivity contribution in [2.45, 2.75) is 6.10 Å². The molecule has 0 aliphatic heterocycles. The van der Waals surface area contributed by atoms with Crippen LogP contribution >= 0.6 is 15.9 Å². The van der Waals surface area contributed by atoms with Gasteiger partial charge in [-0.15, -0.1) is 0 Å². The van der Waals surface area contributed by atoms with E-state index in [4.69, 9.17) is 5.11 Å². The van der Waals surface area contributed by atoms with Crippen molar-refractivity contribution in [1.82, 2.24) is 0 Å². The van der Waals surface area contributed by atoms with Gasteiger partial charge in [-0.05, 0) is 29.3 Å². The first kappa shape index (κ1) is 12.8. The van der Waals surface area contributed by atoms with E-state index in [1.807, 2.05) is 6.07 Å². The summed E-state index contributed by atoms with van der Waals surface area (Å²) in [5, 5.41) is 19.4. The Balaban J connectivity index is 2.46. The third-order valence-corrected chi connectivity index (χ3v) is 3.14. The smallest absolute Gasteiger partial charge is 0.336 e. The molecule has 0 aromatic heterocycles. The fraction of sp³-hybridized carbons (Fsp3) is 0.0714. The van der Waals surface area contributed by atoms with Crippen LogP contribution in [-0.4, -0.2) is 16.2 Å². The molecule has 92 valence electrons. The molecule has 2 N–H and O–H groups in total. The molecule has 1 unspecified atom stereocenters. The van der Waals surface area contributed by atoms with Gasteiger partial charge in [-0.2, -0.15) is 0 Å². The molecule has 0 aliphatic carbocycles. The largest absolute Gasteiger partial charge is 0.478 e. The van der Waals surface area contributed by atoms with Crippen LogP contribution in [0.4, 0.5) is 0 Å². The molecule has 0 fully saturated rings. The first-order valence-corrected chi connectivity index (χ1v) is 6.14. The van der Waals surface area contributed by atoms with Crippen LogP contribution in [0.1, 0.15) is 27.6 Å². The monoisotopic (exact) mass is 306 g/mol. The Bertz CT molecular complexity index is 581. The normalized spacial score (nSPS) is 12.1. The van der Waals surface area contributed by atoms with E-state index in [2.05, 4.69) is 15.9 Å². The van der Waals surface area contributed by atoms with Gasteiger partial charge in [0.05, 0.1) is 5.56 Å². The number of hydrogen-bond acceptors (Lipinski definition) is 2. The minimum Gasteiger partial charge on any atom is -0.478 e. The van der Waals surface area contributed by atoms with Crippen LogP contribution in [0.25, 0.3) is 0 Å². The first-order chi connectivity index (χ1) is 8.59. The van der Waals surface area contributed by atoms with Crippen LogP contribution in [0.2, 0.25) is 0 Å². The predicted molar refractivity (Wildman–Crippen MR) is 71.6 cm³/mol. The molecular formula is C14H11BrO3. The molecule has 2 rings (SSSR count). The standard InChI is InChI=1S/C14H11BrO3/c15-10-5-3-4-9(8-10)13(16)11-6-1-2-7-12(11)14(17)18/h1-8,13,16H,(H,17,18). The molecule has 2 aromatic carbocycles. The molecule has 4 heteroatoms. The van der Waals surface area contributed by atoms with Crippen molar-refractivity contribution in [2.75, 3.05) is 0 Å². The maximum absolute atomic E-state index is 11.1. The molecule has 18 heavy (non-hydrogen) atoms. The second-order valence-corrected chi connectivity index (χ2v) is 4.77. The molecule has 0 heterocycles. The lowest BCUT2D eigenvalue weighted by molar-refractivity contribution is 0.0691. The lowest BCUT2D eigenvalue weighted by atomic mass is 9.97. The third-order valence-electron chi connectivity index (χ3n) is 2.65. The van der Waals surface area contributed by atoms with Gasteiger partial charge in [-0.3, -0.25) is 0 Å². The van der Waals surface area contributed by atoms with Gasteiger partial charge in [0.2, 0.25) is 0 Å². The summed E-state index contributed by atoms with van der Waals surface area (Å²) >= 11 is 3.32. The Morgan fingerprint density at radius 1 is 1.11 bits per heavy atom. The molecule has 0 saturated carbocycles. The van der Waals surface area contributed by atoms with Crippen molar-refractivity contribution < 1.29 is 15.0 Å². The van der Waals surface area contributed by atoms with E-state index in [9.17, 15) is 9.90 Å². The summed E-state index contributed by atoms with van der Waals surface area (Å²) in [4.78, 5) is 11.1. The summed E-state index contributed by atoms with van der Waals surface area (Å²) in [5.41, 5.74) is 1.16. The highest BCUT2D eigenvalue weighted by molar-refractivity contribution is 9.10. The van der Waals surface area contributed by atoms with E-state index in [0.29, 0.717) is 11.1 Å². The zero-order chi connectivity index (χ0) is 13.1. The molecule has 2 aromatic rings. The van der Waals surface area contributed by atoms with Crippen LogP contribution in [-0.2, 0) is 0 Å². The van der Waals surface area contributed by atoms with Crippen molar-refractivity contribution in [2.24, 2.45) is 0 Å². The van der Waals surface area contributed by atoms with E-state index in [0.717, 1.165) is 4.47 Å². The maximum atomic E-state index is 11.1. The Kier molecular flexibility index (Phi) is 3.79. The van der Waals surface area contributed by atoms with Crippen LogP contribution in [0.3, 0.4) is 0 Å². The molecule has 0 bridgehead atoms. The van der Waals surface area contributed by atoms with E-state index in [1.165, 1.54) is 6.07 Å². The average molecular weight is 307 g/mol. The van der Waals surface area contributed by atoms with Crippen LogP contribution in [0.15, 0.2) is 53.0 Å². The number of hydrogen-bond donors (Lipinski definition) is 2. The van der Waals surface area contributed by atoms with Gasteiger partial charge < -0.3 is 10.2 Å². The number of halogens is 1. The van der Waals surface area contributed by atoms with Gasteiger partial charge in [0.25, 0.3) is 0 Å². The van der Waals surface area contributed by atoms with Crippen molar-refractivity contribution in [3.8, 4) is 0 Å². The van der Waals surface area contributed by atoms with Gasteiger partial charge in [0.15, 0.2) is 0 Å². The highest BCUT2D eigenvalue weighted by atomic mass is 79.9. The lowest BCUT2D eigenvalue weighted by Gasteiger charge is -2.14. The van der Waals surface area contributed by atoms with Gasteiger partial charge in [-0.1, -0.05) is 46.3 Å². The number of carbonyl (C=O) groups is 1. The maximum Gasteiger partial charge on any atom is 0.336 e. The van der Waals surface area contributed by atoms with Gasteiger partial charge in [0, 0.05) is 4.47 Å². The molecule has 0 spiro atoms. The number of aromatic carboxylic acids is 1. The third kappa shape index (κ3) is 2.60. The predicted octanol–water partition coefficient (Wildman–Crippen LogP) is 3.23. The van der Waals surface area contributed by atoms with Crippen molar-refractivity contribution in [3.63, 3.8) is 0 Å². The van der Waals surface area contributed by atoms with Gasteiger partial charge in [-0.25, -0.2) is 4.79 Å². The van der Waals surface area contributed by atoms with Crippen LogP contribution in [0, 0.1) is 0 Å². The highest BCUT2D eigenvalue weighted by Gasteiger charge is 2.17. The molecule has 0 aliphatic rings. The lowest BCUT2D eigenvalue weighted by Crippen LogP contribution is -2.08. The van der Waals surface area contributed by atoms with Crippen LogP contribution in [0.5, 0.6) is 0 Å². The van der Waals surface area contributed by atoms with E-state index >= 15 is 0 Å². The zero-order valence-electron chi connectivity index (χ0n) is 9.38. The minimum atomic E-state index is -1.04. The Hall–Kier alpha value is -1.65. The van der Waals surface area contributed by atoms with E-state index < -0.39 is 12.1 Å². The highest BCUT2D eigenvalue weighted by Crippen LogP contribution is 2.26. The summed E-state index contributed by atoms with van der Waals surface area (Å²) in [7, 11) is 0. The summed E-state index contributed by atoms with van der Waals surface area (Å²) in [5.74, 6) is -1.04. The topological polar surface area (TPSA) is 57.5 Å². The van der Waals surface area contributed by atoms with Crippen molar-refractivity contribution >= 4 is 21.9 Å². The summed E-state index contributed by atoms with van der Waals surface area (Å²) < 4.78 is 0.840. The Morgan fingerprint density at radius 2 is 1.83 bits per heavy atom. The second-order valence-electron chi connectivity index (χ2n) is 3.85. The molecule has 0 saturated heterocycles. The summed E-state index contributed by atoms with van der Waals surface area (Å²) in [6.07, 6.45) is -0.949. The zero-order valence-corrected chi connectivity index (χ0v) is 11.0. The van der Waals surface area contributed by atoms with Crippen LogP contribution < -0.4 is 0 Å². The van der Waals surface area contributed by atoms with Gasteiger partial charge >= 0.3 is 5.97 Å². The van der Waals surface area contributed by atoms with Crippen molar-refractivity contribution in [1.29, 1.82) is 0 Å². The number of rotatable bonds is 3. The number of aliphatic hydroxyl groups is 1. The fourth-order valence-corrected chi connectivity index (χ4v) is 2.20. The SMILES string of the molecule is O=C(O)c1ccccc1C(O)c1cccc(Br)c1. The minimum absolute atomic E-state index is 0.116. The molecule has 0 amide bonds. The first-order valence-electron chi connectivity index (χ1n) is 5.35. The van der Waals surface area contributed by atoms with E-state index in [-0.39, 0.29) is 5.56 Å². The Labute approximate surface area is 113 Å². The van der Waals surface area contributed by atoms with Crippen molar-refractivity contribution in [3.05, 3.63) is 69.7 Å². The average Bonchev–Trinajstić information content (AvgIpc) is 2.38. The molecule has 1 atom stereocenters.